The van der Waals surface area contributed by atoms with Gasteiger partial charge in [0.05, 0.1) is 5.75 Å². The first-order chi connectivity index (χ1) is 11.9. The molecule has 4 aliphatic rings. The molecule has 0 aromatic heterocycles. The summed E-state index contributed by atoms with van der Waals surface area (Å²) in [6.45, 7) is 5.78. The van der Waals surface area contributed by atoms with Crippen molar-refractivity contribution in [1.29, 1.82) is 0 Å². The summed E-state index contributed by atoms with van der Waals surface area (Å²) < 4.78 is 26.8. The number of carbonyl (C=O) groups is 1. The molecule has 2 aliphatic carbocycles. The highest BCUT2D eigenvalue weighted by Crippen LogP contribution is 2.51. The van der Waals surface area contributed by atoms with Crippen molar-refractivity contribution in [2.24, 2.45) is 22.7 Å². The number of rotatable bonds is 6. The van der Waals surface area contributed by atoms with Crippen LogP contribution < -0.4 is 0 Å². The number of amidine groups is 1. The number of hydrogen-bond acceptors (Lipinski definition) is 4. The second-order valence-corrected chi connectivity index (χ2v) is 10.4. The molecule has 2 saturated carbocycles. The van der Waals surface area contributed by atoms with Gasteiger partial charge in [-0.15, -0.1) is 0 Å². The number of hydrogen-bond donors (Lipinski definition) is 0. The number of carbonyl (C=O) groups excluding carboxylic acids is 1. The van der Waals surface area contributed by atoms with Gasteiger partial charge in [0.2, 0.25) is 10.0 Å². The fourth-order valence-electron chi connectivity index (χ4n) is 4.89. The first-order valence-electron chi connectivity index (χ1n) is 9.73. The lowest BCUT2D eigenvalue weighted by atomic mass is 9.85. The molecular formula is C18H29N3O3S. The number of amides is 1. The quantitative estimate of drug-likeness (QED) is 0.719. The van der Waals surface area contributed by atoms with Gasteiger partial charge in [-0.1, -0.05) is 13.3 Å². The lowest BCUT2D eigenvalue weighted by Crippen LogP contribution is -2.47. The third-order valence-corrected chi connectivity index (χ3v) is 8.46. The van der Waals surface area contributed by atoms with Gasteiger partial charge < -0.3 is 0 Å². The zero-order chi connectivity index (χ0) is 17.8. The number of nitrogens with zero attached hydrogens (tertiary/aromatic N) is 3. The second-order valence-electron chi connectivity index (χ2n) is 8.33. The standard InChI is InChI=1S/C18H29N3O3S/c1-3-4-9-25(23,24)20-11-15-7-8-18(16(15)12-20)17(22)21(13(2)19-18)10-14-5-6-14/h14-16H,3-12H2,1-2H3/t15-,16+,18-/m1/s1. The molecule has 1 spiro atoms. The zero-order valence-electron chi connectivity index (χ0n) is 15.3. The van der Waals surface area contributed by atoms with Crippen LogP contribution in [0.3, 0.4) is 0 Å². The van der Waals surface area contributed by atoms with Crippen LogP contribution in [-0.2, 0) is 14.8 Å². The highest BCUT2D eigenvalue weighted by atomic mass is 32.2. The molecule has 4 rings (SSSR count). The minimum absolute atomic E-state index is 0.0514. The molecule has 3 fully saturated rings. The van der Waals surface area contributed by atoms with E-state index in [2.05, 4.69) is 0 Å². The number of unbranched alkanes of at least 4 members (excludes halogenated alkanes) is 1. The van der Waals surface area contributed by atoms with E-state index in [4.69, 9.17) is 4.99 Å². The summed E-state index contributed by atoms with van der Waals surface area (Å²) in [5.74, 6) is 2.16. The molecule has 0 N–H and O–H groups in total. The first-order valence-corrected chi connectivity index (χ1v) is 11.3. The van der Waals surface area contributed by atoms with Crippen molar-refractivity contribution in [3.8, 4) is 0 Å². The third kappa shape index (κ3) is 2.83. The van der Waals surface area contributed by atoms with Crippen molar-refractivity contribution >= 4 is 21.8 Å². The van der Waals surface area contributed by atoms with Crippen molar-refractivity contribution in [3.05, 3.63) is 0 Å². The smallest absolute Gasteiger partial charge is 0.256 e. The van der Waals surface area contributed by atoms with Gasteiger partial charge in [0, 0.05) is 25.6 Å². The molecule has 0 aromatic rings. The fraction of sp³-hybridized carbons (Fsp3) is 0.889. The molecule has 6 nitrogen and oxygen atoms in total. The van der Waals surface area contributed by atoms with Crippen molar-refractivity contribution in [2.45, 2.75) is 57.9 Å². The van der Waals surface area contributed by atoms with E-state index in [1.807, 2.05) is 18.7 Å². The maximum absolute atomic E-state index is 13.2. The van der Waals surface area contributed by atoms with E-state index in [1.165, 1.54) is 12.8 Å². The van der Waals surface area contributed by atoms with E-state index in [9.17, 15) is 13.2 Å². The Morgan fingerprint density at radius 2 is 2.00 bits per heavy atom. The van der Waals surface area contributed by atoms with Crippen LogP contribution in [0.25, 0.3) is 0 Å². The van der Waals surface area contributed by atoms with E-state index in [0.717, 1.165) is 31.6 Å². The molecule has 7 heteroatoms. The predicted molar refractivity (Wildman–Crippen MR) is 96.8 cm³/mol. The predicted octanol–water partition coefficient (Wildman–Crippen LogP) is 1.87. The van der Waals surface area contributed by atoms with Gasteiger partial charge in [0.1, 0.15) is 11.4 Å². The summed E-state index contributed by atoms with van der Waals surface area (Å²) in [6.07, 6.45) is 5.68. The Balaban J connectivity index is 1.53. The summed E-state index contributed by atoms with van der Waals surface area (Å²) in [7, 11) is -3.20. The first kappa shape index (κ1) is 17.5. The Morgan fingerprint density at radius 1 is 1.24 bits per heavy atom. The average molecular weight is 368 g/mol. The van der Waals surface area contributed by atoms with Gasteiger partial charge in [-0.3, -0.25) is 14.7 Å². The molecular weight excluding hydrogens is 338 g/mol. The minimum atomic E-state index is -3.20. The molecule has 2 heterocycles. The average Bonchev–Trinajstić information content (AvgIpc) is 3.09. The van der Waals surface area contributed by atoms with Crippen LogP contribution in [0.1, 0.15) is 52.4 Å². The van der Waals surface area contributed by atoms with E-state index in [1.54, 1.807) is 4.31 Å². The van der Waals surface area contributed by atoms with Gasteiger partial charge in [-0.25, -0.2) is 12.7 Å². The summed E-state index contributed by atoms with van der Waals surface area (Å²) >= 11 is 0. The lowest BCUT2D eigenvalue weighted by molar-refractivity contribution is -0.132. The molecule has 0 radical (unpaired) electrons. The normalized spacial score (nSPS) is 35.7. The molecule has 140 valence electrons. The van der Waals surface area contributed by atoms with E-state index < -0.39 is 15.6 Å². The van der Waals surface area contributed by atoms with Crippen LogP contribution in [0.5, 0.6) is 0 Å². The van der Waals surface area contributed by atoms with Gasteiger partial charge in [-0.05, 0) is 50.9 Å². The molecule has 25 heavy (non-hydrogen) atoms. The Labute approximate surface area is 150 Å². The maximum Gasteiger partial charge on any atom is 0.256 e. The second kappa shape index (κ2) is 6.05. The molecule has 1 amide bonds. The molecule has 0 aromatic carbocycles. The van der Waals surface area contributed by atoms with Crippen LogP contribution in [0.2, 0.25) is 0 Å². The van der Waals surface area contributed by atoms with Gasteiger partial charge in [-0.2, -0.15) is 0 Å². The van der Waals surface area contributed by atoms with Crippen LogP contribution in [0.4, 0.5) is 0 Å². The summed E-state index contributed by atoms with van der Waals surface area (Å²) in [5.41, 5.74) is -0.682. The van der Waals surface area contributed by atoms with E-state index in [0.29, 0.717) is 25.4 Å². The zero-order valence-corrected chi connectivity index (χ0v) is 16.1. The van der Waals surface area contributed by atoms with Crippen molar-refractivity contribution < 1.29 is 13.2 Å². The van der Waals surface area contributed by atoms with Crippen LogP contribution >= 0.6 is 0 Å². The SMILES string of the molecule is CCCCS(=O)(=O)N1C[C@H]2CC[C@@]3(N=C(C)N(CC4CC4)C3=O)[C@H]2C1. The van der Waals surface area contributed by atoms with Crippen molar-refractivity contribution in [2.75, 3.05) is 25.4 Å². The van der Waals surface area contributed by atoms with E-state index >= 15 is 0 Å². The summed E-state index contributed by atoms with van der Waals surface area (Å²) in [4.78, 5) is 20.0. The maximum atomic E-state index is 13.2. The van der Waals surface area contributed by atoms with Crippen molar-refractivity contribution in [3.63, 3.8) is 0 Å². The minimum Gasteiger partial charge on any atom is -0.298 e. The molecule has 2 aliphatic heterocycles. The Hall–Kier alpha value is -0.950. The van der Waals surface area contributed by atoms with Crippen LogP contribution in [-0.4, -0.2) is 60.3 Å². The third-order valence-electron chi connectivity index (χ3n) is 6.57. The monoisotopic (exact) mass is 367 g/mol. The molecule has 1 saturated heterocycles. The summed E-state index contributed by atoms with van der Waals surface area (Å²) in [5, 5.41) is 0. The highest BCUT2D eigenvalue weighted by molar-refractivity contribution is 7.89. The van der Waals surface area contributed by atoms with Gasteiger partial charge in [0.15, 0.2) is 0 Å². The van der Waals surface area contributed by atoms with Crippen molar-refractivity contribution in [1.82, 2.24) is 9.21 Å². The molecule has 0 unspecified atom stereocenters. The molecule has 3 atom stereocenters. The number of fused-ring (bicyclic) bond motifs is 2. The van der Waals surface area contributed by atoms with Gasteiger partial charge >= 0.3 is 0 Å². The lowest BCUT2D eigenvalue weighted by Gasteiger charge is -2.28. The van der Waals surface area contributed by atoms with E-state index in [-0.39, 0.29) is 23.5 Å². The fourth-order valence-corrected chi connectivity index (χ4v) is 6.61. The van der Waals surface area contributed by atoms with Crippen LogP contribution in [0.15, 0.2) is 4.99 Å². The Bertz CT molecular complexity index is 700. The highest BCUT2D eigenvalue weighted by Gasteiger charge is 2.61. The van der Waals surface area contributed by atoms with Crippen LogP contribution in [0, 0.1) is 17.8 Å². The topological polar surface area (TPSA) is 70.1 Å². The van der Waals surface area contributed by atoms with Gasteiger partial charge in [0.25, 0.3) is 5.91 Å². The largest absolute Gasteiger partial charge is 0.298 e. The summed E-state index contributed by atoms with van der Waals surface area (Å²) in [6, 6.07) is 0. The molecule has 0 bridgehead atoms. The number of sulfonamides is 1. The number of aliphatic imine (C=N–C) groups is 1. The Kier molecular flexibility index (Phi) is 4.22. The Morgan fingerprint density at radius 3 is 2.68 bits per heavy atom.